The summed E-state index contributed by atoms with van der Waals surface area (Å²) in [6, 6.07) is 2.26. The molecule has 0 radical (unpaired) electrons. The Bertz CT molecular complexity index is 861. The molecule has 2 aliphatic carbocycles. The molecule has 22 heavy (non-hydrogen) atoms. The number of nitrogens with zero attached hydrogens (tertiary/aromatic N) is 2. The molecule has 1 aromatic rings. The van der Waals surface area contributed by atoms with Gasteiger partial charge in [-0.1, -0.05) is 52.0 Å². The van der Waals surface area contributed by atoms with Gasteiger partial charge in [0.05, 0.1) is 18.2 Å². The maximum absolute atomic E-state index is 9.58. The Kier molecular flexibility index (Phi) is 3.27. The van der Waals surface area contributed by atoms with Crippen LogP contribution < -0.4 is 10.4 Å². The largest absolute Gasteiger partial charge is 0.236 e. The van der Waals surface area contributed by atoms with Crippen molar-refractivity contribution in [3.05, 3.63) is 49.7 Å². The molecule has 0 fully saturated rings. The van der Waals surface area contributed by atoms with Crippen molar-refractivity contribution in [1.82, 2.24) is 0 Å². The first-order valence-electron chi connectivity index (χ1n) is 7.62. The van der Waals surface area contributed by atoms with Gasteiger partial charge in [-0.25, -0.2) is 4.85 Å². The second-order valence-electron chi connectivity index (χ2n) is 6.49. The minimum absolute atomic E-state index is 0.407. The number of hydrogen-bond acceptors (Lipinski definition) is 1. The number of allylic oxidation sites excluding steroid dienone is 2. The standard InChI is InChI=1S/C20H18N2/c1-11(2)13-6-15-16-7-14(12(3)4)9-18(16)20(22-5)19(10-21)17(15)8-13/h6-9,11-12H,1-4H3. The molecule has 0 spiro atoms. The highest BCUT2D eigenvalue weighted by Crippen LogP contribution is 2.29. The molecule has 2 heteroatoms. The van der Waals surface area contributed by atoms with Gasteiger partial charge in [0.15, 0.2) is 0 Å². The van der Waals surface area contributed by atoms with Gasteiger partial charge in [-0.05, 0) is 44.5 Å². The molecule has 0 aliphatic heterocycles. The molecular formula is C20H18N2. The van der Waals surface area contributed by atoms with Crippen LogP contribution in [-0.4, -0.2) is 0 Å². The molecule has 2 aliphatic rings. The van der Waals surface area contributed by atoms with Crippen LogP contribution in [0.15, 0.2) is 11.1 Å². The van der Waals surface area contributed by atoms with E-state index in [2.05, 4.69) is 62.9 Å². The lowest BCUT2D eigenvalue weighted by atomic mass is 9.99. The first kappa shape index (κ1) is 14.4. The minimum atomic E-state index is 0.407. The van der Waals surface area contributed by atoms with Crippen LogP contribution in [0.5, 0.6) is 0 Å². The van der Waals surface area contributed by atoms with Crippen LogP contribution in [0.1, 0.15) is 44.4 Å². The lowest BCUT2D eigenvalue weighted by molar-refractivity contribution is 0.808. The van der Waals surface area contributed by atoms with Crippen molar-refractivity contribution < 1.29 is 0 Å². The van der Waals surface area contributed by atoms with E-state index in [4.69, 9.17) is 6.57 Å². The van der Waals surface area contributed by atoms with Gasteiger partial charge in [0.1, 0.15) is 0 Å². The zero-order valence-corrected chi connectivity index (χ0v) is 13.4. The summed E-state index contributed by atoms with van der Waals surface area (Å²) in [4.78, 5) is 3.67. The average molecular weight is 286 g/mol. The smallest absolute Gasteiger partial charge is 0.212 e. The minimum Gasteiger partial charge on any atom is -0.236 e. The van der Waals surface area contributed by atoms with Crippen molar-refractivity contribution in [2.75, 3.05) is 0 Å². The van der Waals surface area contributed by atoms with Gasteiger partial charge in [0.2, 0.25) is 5.69 Å². The van der Waals surface area contributed by atoms with Crippen LogP contribution in [0.25, 0.3) is 29.1 Å². The van der Waals surface area contributed by atoms with Crippen LogP contribution in [-0.2, 0) is 0 Å². The normalized spacial score (nSPS) is 14.5. The Morgan fingerprint density at radius 2 is 1.41 bits per heavy atom. The molecule has 0 atom stereocenters. The van der Waals surface area contributed by atoms with Gasteiger partial charge in [-0.3, -0.25) is 0 Å². The van der Waals surface area contributed by atoms with Crippen LogP contribution in [0.4, 0.5) is 5.69 Å². The van der Waals surface area contributed by atoms with E-state index in [0.29, 0.717) is 23.1 Å². The van der Waals surface area contributed by atoms with Gasteiger partial charge in [-0.2, -0.15) is 5.26 Å². The van der Waals surface area contributed by atoms with E-state index in [9.17, 15) is 5.26 Å². The number of hydrogen-bond donors (Lipinski definition) is 0. The van der Waals surface area contributed by atoms with Gasteiger partial charge in [0.25, 0.3) is 0 Å². The Morgan fingerprint density at radius 3 is 1.86 bits per heavy atom. The molecule has 3 rings (SSSR count). The number of rotatable bonds is 2. The second kappa shape index (κ2) is 5.00. The van der Waals surface area contributed by atoms with Crippen LogP contribution >= 0.6 is 0 Å². The summed E-state index contributed by atoms with van der Waals surface area (Å²) in [5.41, 5.74) is 5.68. The van der Waals surface area contributed by atoms with Crippen molar-refractivity contribution in [3.63, 3.8) is 0 Å². The SMILES string of the molecule is [C-]#[N+]c1c(C#N)c2c(c3c1=CC(C(C)C)=C3)C=C(C(C)C)C=2. The Morgan fingerprint density at radius 1 is 0.909 bits per heavy atom. The molecule has 0 saturated carbocycles. The molecule has 0 bridgehead atoms. The summed E-state index contributed by atoms with van der Waals surface area (Å²) in [5, 5.41) is 11.4. The lowest BCUT2D eigenvalue weighted by Crippen LogP contribution is -2.19. The Labute approximate surface area is 131 Å². The summed E-state index contributed by atoms with van der Waals surface area (Å²) < 4.78 is 0. The molecule has 0 unspecified atom stereocenters. The van der Waals surface area contributed by atoms with Crippen molar-refractivity contribution >= 4 is 30.0 Å². The number of nitriles is 1. The predicted octanol–water partition coefficient (Wildman–Crippen LogP) is 3.78. The first-order valence-corrected chi connectivity index (χ1v) is 7.62. The Hall–Kier alpha value is -2.58. The van der Waals surface area contributed by atoms with Crippen LogP contribution in [0, 0.1) is 29.7 Å². The van der Waals surface area contributed by atoms with E-state index in [1.807, 2.05) is 0 Å². The van der Waals surface area contributed by atoms with E-state index in [1.165, 1.54) is 11.1 Å². The van der Waals surface area contributed by atoms with E-state index in [1.54, 1.807) is 0 Å². The highest BCUT2D eigenvalue weighted by atomic mass is 14.7. The molecule has 0 saturated heterocycles. The van der Waals surface area contributed by atoms with Crippen molar-refractivity contribution in [2.24, 2.45) is 11.8 Å². The second-order valence-corrected chi connectivity index (χ2v) is 6.49. The maximum atomic E-state index is 9.58. The summed E-state index contributed by atoms with van der Waals surface area (Å²) in [6.07, 6.45) is 8.52. The van der Waals surface area contributed by atoms with Gasteiger partial charge in [0, 0.05) is 0 Å². The van der Waals surface area contributed by atoms with E-state index >= 15 is 0 Å². The van der Waals surface area contributed by atoms with Crippen molar-refractivity contribution in [2.45, 2.75) is 27.7 Å². The lowest BCUT2D eigenvalue weighted by Gasteiger charge is -2.05. The molecule has 0 aromatic heterocycles. The molecule has 0 N–H and O–H groups in total. The fraction of sp³-hybridized carbons (Fsp3) is 0.300. The number of fused-ring (bicyclic) bond motifs is 3. The molecular weight excluding hydrogens is 268 g/mol. The number of benzene rings is 1. The molecule has 2 nitrogen and oxygen atoms in total. The molecule has 0 heterocycles. The third-order valence-corrected chi connectivity index (χ3v) is 4.43. The maximum Gasteiger partial charge on any atom is 0.212 e. The first-order chi connectivity index (χ1) is 10.5. The summed E-state index contributed by atoms with van der Waals surface area (Å²) in [7, 11) is 0. The molecule has 108 valence electrons. The summed E-state index contributed by atoms with van der Waals surface area (Å²) in [6.45, 7) is 16.1. The zero-order chi connectivity index (χ0) is 16.0. The van der Waals surface area contributed by atoms with Gasteiger partial charge >= 0.3 is 0 Å². The highest BCUT2D eigenvalue weighted by molar-refractivity contribution is 5.89. The predicted molar refractivity (Wildman–Crippen MR) is 91.2 cm³/mol. The summed E-state index contributed by atoms with van der Waals surface area (Å²) >= 11 is 0. The quantitative estimate of drug-likeness (QED) is 0.760. The molecule has 1 aromatic carbocycles. The zero-order valence-electron chi connectivity index (χ0n) is 13.4. The van der Waals surface area contributed by atoms with Crippen molar-refractivity contribution in [1.29, 1.82) is 5.26 Å². The third-order valence-electron chi connectivity index (χ3n) is 4.43. The summed E-state index contributed by atoms with van der Waals surface area (Å²) in [5.74, 6) is 0.816. The average Bonchev–Trinajstić information content (AvgIpc) is 3.09. The van der Waals surface area contributed by atoms with Gasteiger partial charge in [-0.15, -0.1) is 0 Å². The van der Waals surface area contributed by atoms with E-state index < -0.39 is 0 Å². The van der Waals surface area contributed by atoms with Gasteiger partial charge < -0.3 is 0 Å². The van der Waals surface area contributed by atoms with E-state index in [0.717, 1.165) is 21.6 Å². The molecule has 0 amide bonds. The fourth-order valence-electron chi connectivity index (χ4n) is 3.07. The van der Waals surface area contributed by atoms with E-state index in [-0.39, 0.29) is 0 Å². The topological polar surface area (TPSA) is 28.1 Å². The fourth-order valence-corrected chi connectivity index (χ4v) is 3.07. The monoisotopic (exact) mass is 286 g/mol. The van der Waals surface area contributed by atoms with Crippen LogP contribution in [0.2, 0.25) is 0 Å². The highest BCUT2D eigenvalue weighted by Gasteiger charge is 2.22. The Balaban J connectivity index is 2.43. The van der Waals surface area contributed by atoms with Crippen LogP contribution in [0.3, 0.4) is 0 Å². The van der Waals surface area contributed by atoms with Crippen molar-refractivity contribution in [3.8, 4) is 6.07 Å². The third kappa shape index (κ3) is 1.92.